The van der Waals surface area contributed by atoms with Gasteiger partial charge in [0.25, 0.3) is 0 Å². The first-order valence-corrected chi connectivity index (χ1v) is 7.09. The molecule has 5 heteroatoms. The molecule has 3 aromatic rings. The molecule has 0 fully saturated rings. The molecule has 3 heterocycles. The number of imidazole rings is 1. The molecule has 0 aliphatic carbocycles. The monoisotopic (exact) mass is 286 g/mol. The summed E-state index contributed by atoms with van der Waals surface area (Å²) in [6.45, 7) is 2.82. The van der Waals surface area contributed by atoms with Crippen molar-refractivity contribution in [3.63, 3.8) is 0 Å². The predicted molar refractivity (Wildman–Crippen MR) is 79.8 cm³/mol. The molecule has 0 aliphatic heterocycles. The first kappa shape index (κ1) is 13.1. The van der Waals surface area contributed by atoms with Crippen LogP contribution in [0.25, 0.3) is 11.2 Å². The average Bonchev–Trinajstić information content (AvgIpc) is 2.85. The van der Waals surface area contributed by atoms with Crippen molar-refractivity contribution in [2.24, 2.45) is 0 Å². The lowest BCUT2D eigenvalue weighted by Crippen LogP contribution is -2.06. The minimum Gasteiger partial charge on any atom is -0.311 e. The maximum atomic E-state index is 6.01. The third-order valence-corrected chi connectivity index (χ3v) is 3.59. The molecule has 0 atom stereocenters. The van der Waals surface area contributed by atoms with Crippen LogP contribution in [0.3, 0.4) is 0 Å². The molecule has 0 saturated carbocycles. The van der Waals surface area contributed by atoms with Gasteiger partial charge in [-0.25, -0.2) is 9.97 Å². The number of pyridine rings is 2. The van der Waals surface area contributed by atoms with E-state index in [9.17, 15) is 0 Å². The van der Waals surface area contributed by atoms with Gasteiger partial charge in [-0.15, -0.1) is 11.6 Å². The molecule has 0 N–H and O–H groups in total. The van der Waals surface area contributed by atoms with Gasteiger partial charge in [0.2, 0.25) is 0 Å². The Balaban J connectivity index is 1.96. The SMILES string of the molecule is Cc1ccnc2c1nc(CCl)n2CCc1ccccn1. The van der Waals surface area contributed by atoms with Crippen LogP contribution in [0.1, 0.15) is 17.1 Å². The Hall–Kier alpha value is -1.94. The van der Waals surface area contributed by atoms with Crippen LogP contribution in [0.2, 0.25) is 0 Å². The van der Waals surface area contributed by atoms with Crippen LogP contribution in [0, 0.1) is 6.92 Å². The summed E-state index contributed by atoms with van der Waals surface area (Å²) in [5.41, 5.74) is 4.02. The highest BCUT2D eigenvalue weighted by molar-refractivity contribution is 6.16. The molecule has 3 aromatic heterocycles. The van der Waals surface area contributed by atoms with E-state index in [4.69, 9.17) is 11.6 Å². The van der Waals surface area contributed by atoms with E-state index in [1.54, 1.807) is 0 Å². The number of halogens is 1. The van der Waals surface area contributed by atoms with E-state index in [0.29, 0.717) is 5.88 Å². The molecule has 0 radical (unpaired) electrons. The van der Waals surface area contributed by atoms with E-state index >= 15 is 0 Å². The van der Waals surface area contributed by atoms with E-state index < -0.39 is 0 Å². The van der Waals surface area contributed by atoms with Crippen molar-refractivity contribution in [1.82, 2.24) is 19.5 Å². The van der Waals surface area contributed by atoms with Crippen molar-refractivity contribution in [2.45, 2.75) is 25.8 Å². The highest BCUT2D eigenvalue weighted by Crippen LogP contribution is 2.19. The van der Waals surface area contributed by atoms with Crippen LogP contribution in [-0.4, -0.2) is 19.5 Å². The summed E-state index contributed by atoms with van der Waals surface area (Å²) >= 11 is 6.01. The van der Waals surface area contributed by atoms with Gasteiger partial charge in [0.1, 0.15) is 11.3 Å². The molecular formula is C15H15ClN4. The Labute approximate surface area is 122 Å². The maximum absolute atomic E-state index is 6.01. The predicted octanol–water partition coefficient (Wildman–Crippen LogP) is 3.12. The molecule has 102 valence electrons. The van der Waals surface area contributed by atoms with Crippen LogP contribution in [0.4, 0.5) is 0 Å². The number of hydrogen-bond donors (Lipinski definition) is 0. The van der Waals surface area contributed by atoms with Gasteiger partial charge in [0.15, 0.2) is 5.65 Å². The quantitative estimate of drug-likeness (QED) is 0.692. The molecule has 0 amide bonds. The Morgan fingerprint density at radius 2 is 2.05 bits per heavy atom. The Morgan fingerprint density at radius 1 is 1.15 bits per heavy atom. The van der Waals surface area contributed by atoms with E-state index in [2.05, 4.69) is 19.5 Å². The fourth-order valence-electron chi connectivity index (χ4n) is 2.29. The highest BCUT2D eigenvalue weighted by Gasteiger charge is 2.12. The number of aromatic nitrogens is 4. The van der Waals surface area contributed by atoms with E-state index in [1.165, 1.54) is 0 Å². The largest absolute Gasteiger partial charge is 0.311 e. The summed E-state index contributed by atoms with van der Waals surface area (Å²) in [5.74, 6) is 1.25. The molecule has 20 heavy (non-hydrogen) atoms. The second-order valence-electron chi connectivity index (χ2n) is 4.68. The van der Waals surface area contributed by atoms with Crippen LogP contribution >= 0.6 is 11.6 Å². The van der Waals surface area contributed by atoms with Crippen LogP contribution in [0.5, 0.6) is 0 Å². The van der Waals surface area contributed by atoms with Crippen LogP contribution < -0.4 is 0 Å². The second-order valence-corrected chi connectivity index (χ2v) is 4.95. The van der Waals surface area contributed by atoms with Crippen molar-refractivity contribution >= 4 is 22.8 Å². The molecular weight excluding hydrogens is 272 g/mol. The summed E-state index contributed by atoms with van der Waals surface area (Å²) < 4.78 is 2.09. The van der Waals surface area contributed by atoms with Gasteiger partial charge in [-0.1, -0.05) is 6.07 Å². The summed E-state index contributed by atoms with van der Waals surface area (Å²) in [6.07, 6.45) is 4.46. The number of fused-ring (bicyclic) bond motifs is 1. The summed E-state index contributed by atoms with van der Waals surface area (Å²) in [6, 6.07) is 7.92. The van der Waals surface area contributed by atoms with Crippen molar-refractivity contribution in [1.29, 1.82) is 0 Å². The molecule has 0 saturated heterocycles. The van der Waals surface area contributed by atoms with E-state index in [0.717, 1.165) is 41.2 Å². The van der Waals surface area contributed by atoms with Crippen LogP contribution in [-0.2, 0) is 18.8 Å². The number of nitrogens with zero attached hydrogens (tertiary/aromatic N) is 4. The zero-order chi connectivity index (χ0) is 13.9. The number of rotatable bonds is 4. The zero-order valence-corrected chi connectivity index (χ0v) is 12.0. The summed E-state index contributed by atoms with van der Waals surface area (Å²) in [4.78, 5) is 13.4. The topological polar surface area (TPSA) is 43.6 Å². The van der Waals surface area contributed by atoms with Crippen molar-refractivity contribution in [2.75, 3.05) is 0 Å². The van der Waals surface area contributed by atoms with Gasteiger partial charge in [-0.05, 0) is 30.7 Å². The Morgan fingerprint density at radius 3 is 2.80 bits per heavy atom. The Bertz CT molecular complexity index is 721. The maximum Gasteiger partial charge on any atom is 0.160 e. The number of hydrogen-bond acceptors (Lipinski definition) is 3. The highest BCUT2D eigenvalue weighted by atomic mass is 35.5. The fourth-order valence-corrected chi connectivity index (χ4v) is 2.50. The van der Waals surface area contributed by atoms with Gasteiger partial charge in [-0.2, -0.15) is 0 Å². The van der Waals surface area contributed by atoms with Gasteiger partial charge in [0, 0.05) is 31.1 Å². The molecule has 0 bridgehead atoms. The van der Waals surface area contributed by atoms with E-state index in [1.807, 2.05) is 43.6 Å². The summed E-state index contributed by atoms with van der Waals surface area (Å²) in [5, 5.41) is 0. The molecule has 0 aromatic carbocycles. The van der Waals surface area contributed by atoms with Crippen LogP contribution in [0.15, 0.2) is 36.7 Å². The number of alkyl halides is 1. The van der Waals surface area contributed by atoms with Gasteiger partial charge < -0.3 is 4.57 Å². The third-order valence-electron chi connectivity index (χ3n) is 3.35. The van der Waals surface area contributed by atoms with Gasteiger partial charge >= 0.3 is 0 Å². The molecule has 0 aliphatic rings. The normalized spacial score (nSPS) is 11.1. The fraction of sp³-hybridized carbons (Fsp3) is 0.267. The van der Waals surface area contributed by atoms with Gasteiger partial charge in [-0.3, -0.25) is 4.98 Å². The smallest absolute Gasteiger partial charge is 0.160 e. The van der Waals surface area contributed by atoms with Crippen molar-refractivity contribution in [3.05, 3.63) is 53.7 Å². The van der Waals surface area contributed by atoms with Gasteiger partial charge in [0.05, 0.1) is 5.88 Å². The average molecular weight is 287 g/mol. The lowest BCUT2D eigenvalue weighted by Gasteiger charge is -2.06. The lowest BCUT2D eigenvalue weighted by molar-refractivity contribution is 0.673. The summed E-state index contributed by atoms with van der Waals surface area (Å²) in [7, 11) is 0. The first-order chi connectivity index (χ1) is 9.79. The van der Waals surface area contributed by atoms with Crippen molar-refractivity contribution in [3.8, 4) is 0 Å². The zero-order valence-electron chi connectivity index (χ0n) is 11.3. The van der Waals surface area contributed by atoms with E-state index in [-0.39, 0.29) is 0 Å². The first-order valence-electron chi connectivity index (χ1n) is 6.56. The second kappa shape index (κ2) is 5.59. The lowest BCUT2D eigenvalue weighted by atomic mass is 10.2. The molecule has 0 unspecified atom stereocenters. The Kier molecular flexibility index (Phi) is 3.65. The third kappa shape index (κ3) is 2.39. The molecule has 0 spiro atoms. The number of aryl methyl sites for hydroxylation is 3. The molecule has 4 nitrogen and oxygen atoms in total. The molecule has 3 rings (SSSR count). The minimum atomic E-state index is 0.387. The standard InChI is InChI=1S/C15H15ClN4/c1-11-5-8-18-15-14(11)19-13(10-16)20(15)9-6-12-4-2-3-7-17-12/h2-5,7-8H,6,9-10H2,1H3. The van der Waals surface area contributed by atoms with Crippen molar-refractivity contribution < 1.29 is 0 Å². The minimum absolute atomic E-state index is 0.387.